The van der Waals surface area contributed by atoms with Crippen LogP contribution in [0.2, 0.25) is 0 Å². The minimum atomic E-state index is -0.770. The average Bonchev–Trinajstić information content (AvgIpc) is 3.24. The SMILES string of the molecule is CCC(C)c1ccc(N2C(=O)NC(=O)/C(=C/c3ccc(Sc4ccccc4)o3)C2=O)cc1. The number of furan rings is 1. The van der Waals surface area contributed by atoms with Crippen molar-refractivity contribution in [3.8, 4) is 0 Å². The molecule has 0 spiro atoms. The van der Waals surface area contributed by atoms with E-state index in [0.717, 1.165) is 21.8 Å². The fraction of sp³-hybridized carbons (Fsp3) is 0.160. The first-order valence-corrected chi connectivity index (χ1v) is 11.1. The second-order valence-corrected chi connectivity index (χ2v) is 8.51. The monoisotopic (exact) mass is 446 g/mol. The lowest BCUT2D eigenvalue weighted by molar-refractivity contribution is -0.122. The molecule has 32 heavy (non-hydrogen) atoms. The Labute approximate surface area is 190 Å². The van der Waals surface area contributed by atoms with Crippen LogP contribution in [0.25, 0.3) is 6.08 Å². The summed E-state index contributed by atoms with van der Waals surface area (Å²) in [4.78, 5) is 39.8. The van der Waals surface area contributed by atoms with Gasteiger partial charge in [0.25, 0.3) is 11.8 Å². The highest BCUT2D eigenvalue weighted by Crippen LogP contribution is 2.30. The molecule has 6 nitrogen and oxygen atoms in total. The van der Waals surface area contributed by atoms with Gasteiger partial charge in [0, 0.05) is 4.90 Å². The van der Waals surface area contributed by atoms with E-state index in [1.54, 1.807) is 24.3 Å². The van der Waals surface area contributed by atoms with E-state index in [2.05, 4.69) is 19.2 Å². The Bertz CT molecular complexity index is 1180. The lowest BCUT2D eigenvalue weighted by Crippen LogP contribution is -2.54. The van der Waals surface area contributed by atoms with Crippen LogP contribution in [-0.4, -0.2) is 17.8 Å². The Morgan fingerprint density at radius 2 is 1.72 bits per heavy atom. The molecule has 4 rings (SSSR count). The molecule has 1 aliphatic heterocycles. The van der Waals surface area contributed by atoms with Gasteiger partial charge in [-0.25, -0.2) is 9.69 Å². The van der Waals surface area contributed by atoms with Crippen molar-refractivity contribution in [2.24, 2.45) is 0 Å². The molecule has 2 aromatic carbocycles. The van der Waals surface area contributed by atoms with Crippen LogP contribution in [0, 0.1) is 0 Å². The third-order valence-corrected chi connectivity index (χ3v) is 6.21. The second-order valence-electron chi connectivity index (χ2n) is 7.43. The van der Waals surface area contributed by atoms with Crippen molar-refractivity contribution in [1.82, 2.24) is 5.32 Å². The number of anilines is 1. The van der Waals surface area contributed by atoms with Crippen molar-refractivity contribution in [1.29, 1.82) is 0 Å². The molecule has 4 amide bonds. The number of carbonyl (C=O) groups excluding carboxylic acids is 3. The van der Waals surface area contributed by atoms with E-state index in [1.165, 1.54) is 17.8 Å². The lowest BCUT2D eigenvalue weighted by atomic mass is 9.98. The molecule has 1 atom stereocenters. The summed E-state index contributed by atoms with van der Waals surface area (Å²) in [5, 5.41) is 2.86. The Kier molecular flexibility index (Phi) is 6.28. The number of rotatable bonds is 6. The Morgan fingerprint density at radius 1 is 1.00 bits per heavy atom. The number of carbonyl (C=O) groups is 3. The van der Waals surface area contributed by atoms with E-state index in [1.807, 2.05) is 42.5 Å². The van der Waals surface area contributed by atoms with Gasteiger partial charge in [0.1, 0.15) is 11.3 Å². The van der Waals surface area contributed by atoms with E-state index in [4.69, 9.17) is 4.42 Å². The highest BCUT2D eigenvalue weighted by molar-refractivity contribution is 7.99. The van der Waals surface area contributed by atoms with Gasteiger partial charge in [0.05, 0.1) is 5.69 Å². The molecule has 7 heteroatoms. The molecule has 1 unspecified atom stereocenters. The maximum Gasteiger partial charge on any atom is 0.335 e. The molecule has 0 bridgehead atoms. The van der Waals surface area contributed by atoms with E-state index >= 15 is 0 Å². The van der Waals surface area contributed by atoms with Crippen molar-refractivity contribution in [3.05, 3.63) is 83.6 Å². The van der Waals surface area contributed by atoms with Gasteiger partial charge in [-0.2, -0.15) is 0 Å². The normalized spacial score (nSPS) is 16.4. The maximum atomic E-state index is 13.1. The van der Waals surface area contributed by atoms with Crippen molar-refractivity contribution >= 4 is 41.4 Å². The highest BCUT2D eigenvalue weighted by atomic mass is 32.2. The Hall–Kier alpha value is -3.58. The van der Waals surface area contributed by atoms with Crippen molar-refractivity contribution < 1.29 is 18.8 Å². The highest BCUT2D eigenvalue weighted by Gasteiger charge is 2.37. The predicted molar refractivity (Wildman–Crippen MR) is 123 cm³/mol. The van der Waals surface area contributed by atoms with Gasteiger partial charge in [-0.1, -0.05) is 55.9 Å². The molecule has 1 saturated heterocycles. The fourth-order valence-corrected chi connectivity index (χ4v) is 4.09. The number of amides is 4. The zero-order valence-corrected chi connectivity index (χ0v) is 18.5. The van der Waals surface area contributed by atoms with E-state index in [0.29, 0.717) is 22.5 Å². The summed E-state index contributed by atoms with van der Waals surface area (Å²) in [5.41, 5.74) is 1.35. The minimum Gasteiger partial charge on any atom is -0.450 e. The van der Waals surface area contributed by atoms with Crippen LogP contribution in [0.1, 0.15) is 37.5 Å². The molecule has 0 saturated carbocycles. The van der Waals surface area contributed by atoms with Crippen LogP contribution in [0.15, 0.2) is 86.7 Å². The first kappa shape index (κ1) is 21.6. The fourth-order valence-electron chi connectivity index (χ4n) is 3.29. The van der Waals surface area contributed by atoms with Crippen molar-refractivity contribution in [2.75, 3.05) is 4.90 Å². The summed E-state index contributed by atoms with van der Waals surface area (Å²) in [6.45, 7) is 4.21. The Morgan fingerprint density at radius 3 is 2.41 bits per heavy atom. The van der Waals surface area contributed by atoms with E-state index in [9.17, 15) is 14.4 Å². The van der Waals surface area contributed by atoms with Gasteiger partial charge in [-0.3, -0.25) is 14.9 Å². The van der Waals surface area contributed by atoms with Crippen LogP contribution >= 0.6 is 11.8 Å². The quantitative estimate of drug-likeness (QED) is 0.393. The summed E-state index contributed by atoms with van der Waals surface area (Å²) in [7, 11) is 0. The summed E-state index contributed by atoms with van der Waals surface area (Å²) >= 11 is 1.43. The first-order valence-electron chi connectivity index (χ1n) is 10.3. The summed E-state index contributed by atoms with van der Waals surface area (Å²) in [6.07, 6.45) is 2.34. The zero-order valence-electron chi connectivity index (χ0n) is 17.7. The number of nitrogens with zero attached hydrogens (tertiary/aromatic N) is 1. The molecule has 0 aliphatic carbocycles. The number of barbiturate groups is 1. The van der Waals surface area contributed by atoms with Gasteiger partial charge in [0.2, 0.25) is 0 Å². The molecule has 1 N–H and O–H groups in total. The molecule has 3 aromatic rings. The van der Waals surface area contributed by atoms with Gasteiger partial charge >= 0.3 is 6.03 Å². The molecule has 1 aliphatic rings. The number of nitrogens with one attached hydrogen (secondary N) is 1. The average molecular weight is 447 g/mol. The van der Waals surface area contributed by atoms with E-state index < -0.39 is 17.8 Å². The lowest BCUT2D eigenvalue weighted by Gasteiger charge is -2.26. The van der Waals surface area contributed by atoms with Crippen molar-refractivity contribution in [2.45, 2.75) is 36.2 Å². The van der Waals surface area contributed by atoms with Gasteiger partial charge in [-0.05, 0) is 60.4 Å². The molecule has 2 heterocycles. The molecule has 1 aromatic heterocycles. The number of urea groups is 1. The van der Waals surface area contributed by atoms with E-state index in [-0.39, 0.29) is 5.57 Å². The maximum absolute atomic E-state index is 13.1. The number of imide groups is 2. The molecular weight excluding hydrogens is 424 g/mol. The topological polar surface area (TPSA) is 79.6 Å². The molecule has 1 fully saturated rings. The Balaban J connectivity index is 1.58. The second kappa shape index (κ2) is 9.28. The third-order valence-electron chi connectivity index (χ3n) is 5.28. The molecular formula is C25H22N2O4S. The van der Waals surface area contributed by atoms with Gasteiger partial charge in [0.15, 0.2) is 5.09 Å². The predicted octanol–water partition coefficient (Wildman–Crippen LogP) is 5.61. The summed E-state index contributed by atoms with van der Waals surface area (Å²) in [6, 6.07) is 19.6. The van der Waals surface area contributed by atoms with Crippen LogP contribution in [0.5, 0.6) is 0 Å². The largest absolute Gasteiger partial charge is 0.450 e. The number of benzene rings is 2. The first-order chi connectivity index (χ1) is 15.5. The van der Waals surface area contributed by atoms with Crippen LogP contribution in [0.4, 0.5) is 10.5 Å². The van der Waals surface area contributed by atoms with Crippen LogP contribution in [-0.2, 0) is 9.59 Å². The third kappa shape index (κ3) is 4.53. The van der Waals surface area contributed by atoms with Gasteiger partial charge in [-0.15, -0.1) is 0 Å². The molecule has 0 radical (unpaired) electrons. The number of hydrogen-bond acceptors (Lipinski definition) is 5. The standard InChI is InChI=1S/C25H22N2O4S/c1-3-16(2)17-9-11-18(12-10-17)27-24(29)21(23(28)26-25(27)30)15-19-13-14-22(31-19)32-20-7-5-4-6-8-20/h4-16H,3H2,1-2H3,(H,26,28,30)/b21-15-. The number of hydrogen-bond donors (Lipinski definition) is 1. The van der Waals surface area contributed by atoms with Gasteiger partial charge < -0.3 is 4.42 Å². The van der Waals surface area contributed by atoms with Crippen molar-refractivity contribution in [3.63, 3.8) is 0 Å². The van der Waals surface area contributed by atoms with Crippen LogP contribution in [0.3, 0.4) is 0 Å². The minimum absolute atomic E-state index is 0.166. The summed E-state index contributed by atoms with van der Waals surface area (Å²) < 4.78 is 5.76. The smallest absolute Gasteiger partial charge is 0.335 e. The summed E-state index contributed by atoms with van der Waals surface area (Å²) in [5.74, 6) is -0.720. The van der Waals surface area contributed by atoms with Crippen LogP contribution < -0.4 is 10.2 Å². The zero-order chi connectivity index (χ0) is 22.7. The molecule has 162 valence electrons.